The van der Waals surface area contributed by atoms with Crippen LogP contribution in [-0.2, 0) is 41.2 Å². The first-order valence-corrected chi connectivity index (χ1v) is 0. The average Bonchev–Trinajstić information content (AvgIpc) is 0. The molecule has 0 amide bonds. The minimum atomic E-state index is 0. The zero-order chi connectivity index (χ0) is 0. The summed E-state index contributed by atoms with van der Waals surface area (Å²) in [5.74, 6) is 0. The summed E-state index contributed by atoms with van der Waals surface area (Å²) < 4.78 is 0. The Morgan fingerprint density at radius 3 is 1.00 bits per heavy atom. The number of hydrogen-bond acceptors (Lipinski definition) is 0. The third kappa shape index (κ3) is 18.6. The SMILES string of the molecule is [AlH3].[MgH2].[SnH2].[Ti].[Zn]. The van der Waals surface area contributed by atoms with E-state index in [2.05, 4.69) is 0 Å². The first kappa shape index (κ1) is 39.5. The van der Waals surface area contributed by atoms with E-state index in [9.17, 15) is 0 Å². The molecule has 22 valence electrons. The van der Waals surface area contributed by atoms with Crippen LogP contribution in [0.1, 0.15) is 0 Å². The van der Waals surface area contributed by atoms with Crippen molar-refractivity contribution in [2.24, 2.45) is 0 Å². The van der Waals surface area contributed by atoms with Crippen LogP contribution in [-0.4, -0.2) is 64.3 Å². The molecule has 0 atom stereocenters. The van der Waals surface area contributed by atoms with Gasteiger partial charge in [-0.1, -0.05) is 0 Å². The summed E-state index contributed by atoms with van der Waals surface area (Å²) in [6.45, 7) is 0. The molecule has 0 aromatic carbocycles. The molecule has 0 rings (SSSR count). The fraction of sp³-hybridized carbons (Fsp3) is 0. The smallest absolute Gasteiger partial charge is 0 e. The van der Waals surface area contributed by atoms with E-state index < -0.39 is 0 Å². The van der Waals surface area contributed by atoms with Gasteiger partial charge in [0.25, 0.3) is 0 Å². The maximum atomic E-state index is 0. The Morgan fingerprint density at radius 1 is 1.00 bits per heavy atom. The van der Waals surface area contributed by atoms with E-state index in [1.807, 2.05) is 0 Å². The third-order valence-corrected chi connectivity index (χ3v) is 0. The molecule has 0 fully saturated rings. The van der Waals surface area contributed by atoms with Crippen molar-refractivity contribution in [2.45, 2.75) is 0 Å². The normalized spacial score (nSPS) is 0. The molecule has 0 saturated carbocycles. The molecule has 0 spiro atoms. The van der Waals surface area contributed by atoms with E-state index in [1.165, 1.54) is 0 Å². The fourth-order valence-corrected chi connectivity index (χ4v) is 0. The Labute approximate surface area is 103 Å². The summed E-state index contributed by atoms with van der Waals surface area (Å²) in [6, 6.07) is 0. The second-order valence-corrected chi connectivity index (χ2v) is 0. The van der Waals surface area contributed by atoms with Crippen LogP contribution in [0.25, 0.3) is 0 Å². The quantitative estimate of drug-likeness (QED) is 0.417. The van der Waals surface area contributed by atoms with Crippen molar-refractivity contribution in [3.8, 4) is 0 Å². The van der Waals surface area contributed by atoms with Crippen LogP contribution in [0.15, 0.2) is 0 Å². The van der Waals surface area contributed by atoms with Gasteiger partial charge < -0.3 is 0 Å². The minimum absolute atomic E-state index is 0. The molecule has 0 aliphatic rings. The Balaban J connectivity index is 0. The summed E-state index contributed by atoms with van der Waals surface area (Å²) in [5.41, 5.74) is 0. The second kappa shape index (κ2) is 26.1. The third-order valence-electron chi connectivity index (χ3n) is 0. The van der Waals surface area contributed by atoms with Gasteiger partial charge in [-0.2, -0.15) is 0 Å². The van der Waals surface area contributed by atoms with Gasteiger partial charge in [0.15, 0.2) is 17.4 Å². The van der Waals surface area contributed by atoms with Gasteiger partial charge in [-0.05, 0) is 0 Å². The molecule has 0 aliphatic heterocycles. The summed E-state index contributed by atoms with van der Waals surface area (Å²) in [7, 11) is 0. The van der Waals surface area contributed by atoms with Crippen LogP contribution in [0.5, 0.6) is 0 Å². The van der Waals surface area contributed by atoms with Gasteiger partial charge >= 0.3 is 47.0 Å². The van der Waals surface area contributed by atoms with Gasteiger partial charge in [-0.3, -0.25) is 0 Å². The largest absolute Gasteiger partial charge is 0 e. The molecule has 2 radical (unpaired) electrons. The molecule has 0 aliphatic carbocycles. The van der Waals surface area contributed by atoms with Crippen molar-refractivity contribution in [2.75, 3.05) is 0 Å². The van der Waals surface area contributed by atoms with E-state index in [0.29, 0.717) is 0 Å². The van der Waals surface area contributed by atoms with Gasteiger partial charge in [0.1, 0.15) is 0 Å². The molecule has 0 bridgehead atoms. The minimum Gasteiger partial charge on any atom is 0 e. The molecule has 0 nitrogen and oxygen atoms in total. The van der Waals surface area contributed by atoms with Crippen molar-refractivity contribution >= 4 is 64.3 Å². The number of hydrogen-bond donors (Lipinski definition) is 0. The van der Waals surface area contributed by atoms with Crippen molar-refractivity contribution in [1.29, 1.82) is 0 Å². The molecular formula is H7AlMgSnTiZn. The second-order valence-electron chi connectivity index (χ2n) is 0. The van der Waals surface area contributed by atoms with Crippen LogP contribution in [0.2, 0.25) is 0 Å². The van der Waals surface area contributed by atoms with E-state index in [0.717, 1.165) is 0 Å². The maximum absolute atomic E-state index is 0. The summed E-state index contributed by atoms with van der Waals surface area (Å²) >= 11 is 0. The average molecular weight is 290 g/mol. The zero-order valence-electron chi connectivity index (χ0n) is 1.91. The van der Waals surface area contributed by atoms with Gasteiger partial charge in [0.05, 0.1) is 0 Å². The van der Waals surface area contributed by atoms with Crippen LogP contribution in [0.3, 0.4) is 0 Å². The standard InChI is InChI=1S/Al.Mg.Sn.Ti.Zn.7H. The Bertz CT molecular complexity index is 11.6. The van der Waals surface area contributed by atoms with Gasteiger partial charge in [0, 0.05) is 41.2 Å². The van der Waals surface area contributed by atoms with Gasteiger partial charge in [0.2, 0.25) is 0 Å². The molecule has 0 heterocycles. The van der Waals surface area contributed by atoms with Crippen molar-refractivity contribution < 1.29 is 41.2 Å². The van der Waals surface area contributed by atoms with Gasteiger partial charge in [-0.15, -0.1) is 0 Å². The summed E-state index contributed by atoms with van der Waals surface area (Å²) in [6.07, 6.45) is 0. The van der Waals surface area contributed by atoms with E-state index in [-0.39, 0.29) is 106 Å². The van der Waals surface area contributed by atoms with Crippen LogP contribution < -0.4 is 0 Å². The van der Waals surface area contributed by atoms with E-state index in [1.54, 1.807) is 0 Å². The molecule has 0 aromatic heterocycles. The monoisotopic (exact) mass is 290 g/mol. The molecule has 5 heavy (non-hydrogen) atoms. The van der Waals surface area contributed by atoms with E-state index >= 15 is 0 Å². The summed E-state index contributed by atoms with van der Waals surface area (Å²) in [5, 5.41) is 0. The predicted octanol–water partition coefficient (Wildman–Crippen LogP) is -3.02. The Morgan fingerprint density at radius 2 is 1.00 bits per heavy atom. The molecule has 0 saturated heterocycles. The Kier molecular flexibility index (Phi) is 206. The zero-order valence-corrected chi connectivity index (χ0v) is 10.5. The predicted molar refractivity (Wildman–Crippen MR) is 27.0 cm³/mol. The van der Waals surface area contributed by atoms with Crippen LogP contribution in [0.4, 0.5) is 0 Å². The van der Waals surface area contributed by atoms with Crippen LogP contribution >= 0.6 is 0 Å². The first-order valence-electron chi connectivity index (χ1n) is 0. The first-order chi connectivity index (χ1) is 0. The van der Waals surface area contributed by atoms with E-state index in [4.69, 9.17) is 0 Å². The molecule has 0 N–H and O–H groups in total. The topological polar surface area (TPSA) is 0 Å². The van der Waals surface area contributed by atoms with Crippen molar-refractivity contribution in [3.05, 3.63) is 0 Å². The number of rotatable bonds is 0. The molecule has 0 unspecified atom stereocenters. The van der Waals surface area contributed by atoms with Crippen molar-refractivity contribution in [1.82, 2.24) is 0 Å². The molecule has 0 aromatic rings. The summed E-state index contributed by atoms with van der Waals surface area (Å²) in [4.78, 5) is 0. The Hall–Kier alpha value is 3.44. The molecule has 5 heteroatoms. The van der Waals surface area contributed by atoms with Gasteiger partial charge in [-0.25, -0.2) is 0 Å². The molecular weight excluding hydrogens is 283 g/mol. The fourth-order valence-electron chi connectivity index (χ4n) is 0. The van der Waals surface area contributed by atoms with Crippen LogP contribution in [0, 0.1) is 0 Å². The maximum Gasteiger partial charge on any atom is 0 e. The van der Waals surface area contributed by atoms with Crippen molar-refractivity contribution in [3.63, 3.8) is 0 Å².